The Kier molecular flexibility index (Phi) is 5.84. The molecule has 1 aromatic rings. The van der Waals surface area contributed by atoms with E-state index >= 15 is 0 Å². The highest BCUT2D eigenvalue weighted by atomic mass is 16.5. The third-order valence-corrected chi connectivity index (χ3v) is 1.86. The highest BCUT2D eigenvalue weighted by molar-refractivity contribution is 5.84. The van der Waals surface area contributed by atoms with Gasteiger partial charge in [0.25, 0.3) is 0 Å². The van der Waals surface area contributed by atoms with Gasteiger partial charge in [0.05, 0.1) is 12.8 Å². The number of hydrazone groups is 1. The first-order chi connectivity index (χ1) is 8.77. The lowest BCUT2D eigenvalue weighted by molar-refractivity contribution is 0.152. The second-order valence-electron chi connectivity index (χ2n) is 3.12. The fourth-order valence-electron chi connectivity index (χ4n) is 1.16. The van der Waals surface area contributed by atoms with Crippen LogP contribution in [0.5, 0.6) is 5.75 Å². The number of carbonyl (C=O) groups excluding carboxylic acids is 1. The molecule has 0 atom stereocenters. The minimum Gasteiger partial charge on any atom is -0.480 e. The Morgan fingerprint density at radius 3 is 3.06 bits per heavy atom. The molecule has 0 fully saturated rings. The van der Waals surface area contributed by atoms with Crippen LogP contribution in [0, 0.1) is 12.3 Å². The maximum atomic E-state index is 11.0. The van der Waals surface area contributed by atoms with Crippen LogP contribution >= 0.6 is 0 Å². The molecule has 0 bridgehead atoms. The van der Waals surface area contributed by atoms with Gasteiger partial charge in [-0.05, 0) is 19.1 Å². The van der Waals surface area contributed by atoms with Crippen LogP contribution in [0.1, 0.15) is 12.5 Å². The lowest BCUT2D eigenvalue weighted by Gasteiger charge is -2.05. The molecule has 1 rings (SSSR count). The van der Waals surface area contributed by atoms with Crippen LogP contribution in [0.15, 0.2) is 29.4 Å². The molecule has 0 aromatic heterocycles. The van der Waals surface area contributed by atoms with E-state index < -0.39 is 6.09 Å². The summed E-state index contributed by atoms with van der Waals surface area (Å²) in [6.45, 7) is 2.19. The normalized spacial score (nSPS) is 9.78. The zero-order valence-corrected chi connectivity index (χ0v) is 10.1. The largest absolute Gasteiger partial charge is 0.480 e. The Hall–Kier alpha value is -2.48. The summed E-state index contributed by atoms with van der Waals surface area (Å²) in [5, 5.41) is 3.75. The van der Waals surface area contributed by atoms with E-state index in [9.17, 15) is 4.79 Å². The first-order valence-corrected chi connectivity index (χ1v) is 5.39. The van der Waals surface area contributed by atoms with Gasteiger partial charge in [0.2, 0.25) is 0 Å². The summed E-state index contributed by atoms with van der Waals surface area (Å²) in [5.41, 5.74) is 2.94. The lowest BCUT2D eigenvalue weighted by Crippen LogP contribution is -2.18. The highest BCUT2D eigenvalue weighted by Crippen LogP contribution is 2.15. The van der Waals surface area contributed by atoms with Gasteiger partial charge in [-0.3, -0.25) is 0 Å². The predicted molar refractivity (Wildman–Crippen MR) is 68.5 cm³/mol. The highest BCUT2D eigenvalue weighted by Gasteiger charge is 2.00. The van der Waals surface area contributed by atoms with Gasteiger partial charge in [-0.1, -0.05) is 18.1 Å². The molecule has 18 heavy (non-hydrogen) atoms. The minimum atomic E-state index is -0.601. The molecule has 0 aliphatic heterocycles. The van der Waals surface area contributed by atoms with Gasteiger partial charge in [-0.15, -0.1) is 6.42 Å². The minimum absolute atomic E-state index is 0.177. The van der Waals surface area contributed by atoms with E-state index in [1.165, 1.54) is 6.21 Å². The van der Waals surface area contributed by atoms with Crippen molar-refractivity contribution in [2.24, 2.45) is 5.10 Å². The van der Waals surface area contributed by atoms with Crippen molar-refractivity contribution in [1.82, 2.24) is 5.43 Å². The molecule has 1 N–H and O–H groups in total. The summed E-state index contributed by atoms with van der Waals surface area (Å²) in [5.74, 6) is 2.98. The fourth-order valence-corrected chi connectivity index (χ4v) is 1.16. The molecule has 0 heterocycles. The van der Waals surface area contributed by atoms with Crippen molar-refractivity contribution >= 4 is 12.3 Å². The summed E-state index contributed by atoms with van der Waals surface area (Å²) >= 11 is 0. The van der Waals surface area contributed by atoms with Gasteiger partial charge in [0, 0.05) is 5.56 Å². The molecule has 0 unspecified atom stereocenters. The van der Waals surface area contributed by atoms with Gasteiger partial charge < -0.3 is 9.47 Å². The number of benzene rings is 1. The van der Waals surface area contributed by atoms with Gasteiger partial charge in [-0.25, -0.2) is 10.2 Å². The van der Waals surface area contributed by atoms with Crippen molar-refractivity contribution in [1.29, 1.82) is 0 Å². The number of hydrogen-bond donors (Lipinski definition) is 1. The Bertz CT molecular complexity index is 464. The molecule has 0 spiro atoms. The molecule has 1 amide bonds. The van der Waals surface area contributed by atoms with Gasteiger partial charge >= 0.3 is 6.09 Å². The Morgan fingerprint density at radius 2 is 2.33 bits per heavy atom. The van der Waals surface area contributed by atoms with Crippen LogP contribution < -0.4 is 10.2 Å². The number of nitrogens with one attached hydrogen (secondary N) is 1. The number of amides is 1. The SMILES string of the molecule is C#CCOc1ccccc1/C=N\NC(=O)OCC. The summed E-state index contributed by atoms with van der Waals surface area (Å²) in [6.07, 6.45) is 5.98. The van der Waals surface area contributed by atoms with E-state index in [2.05, 4.69) is 21.2 Å². The second kappa shape index (κ2) is 7.74. The molecule has 0 radical (unpaired) electrons. The van der Waals surface area contributed by atoms with E-state index in [0.717, 1.165) is 0 Å². The van der Waals surface area contributed by atoms with E-state index in [0.29, 0.717) is 17.9 Å². The van der Waals surface area contributed by atoms with Crippen molar-refractivity contribution < 1.29 is 14.3 Å². The van der Waals surface area contributed by atoms with Crippen LogP contribution in [-0.2, 0) is 4.74 Å². The second-order valence-corrected chi connectivity index (χ2v) is 3.12. The first kappa shape index (κ1) is 13.6. The number of nitrogens with zero attached hydrogens (tertiary/aromatic N) is 1. The van der Waals surface area contributed by atoms with Gasteiger partial charge in [0.1, 0.15) is 12.4 Å². The van der Waals surface area contributed by atoms with Gasteiger partial charge in [0.15, 0.2) is 0 Å². The molecule has 0 saturated heterocycles. The summed E-state index contributed by atoms with van der Waals surface area (Å²) in [4.78, 5) is 11.0. The van der Waals surface area contributed by atoms with Crippen molar-refractivity contribution in [3.63, 3.8) is 0 Å². The number of hydrogen-bond acceptors (Lipinski definition) is 4. The van der Waals surface area contributed by atoms with E-state index in [-0.39, 0.29) is 6.61 Å². The first-order valence-electron chi connectivity index (χ1n) is 5.39. The maximum Gasteiger partial charge on any atom is 0.427 e. The van der Waals surface area contributed by atoms with E-state index in [1.807, 2.05) is 12.1 Å². The van der Waals surface area contributed by atoms with Crippen molar-refractivity contribution in [2.75, 3.05) is 13.2 Å². The Balaban J connectivity index is 2.63. The van der Waals surface area contributed by atoms with E-state index in [4.69, 9.17) is 11.2 Å². The number of rotatable bonds is 5. The van der Waals surface area contributed by atoms with Crippen LogP contribution in [0.3, 0.4) is 0 Å². The predicted octanol–water partition coefficient (Wildman–Crippen LogP) is 1.78. The third kappa shape index (κ3) is 4.58. The van der Waals surface area contributed by atoms with Crippen molar-refractivity contribution in [3.8, 4) is 18.1 Å². The summed E-state index contributed by atoms with van der Waals surface area (Å²) < 4.78 is 9.97. The molecule has 94 valence electrons. The lowest BCUT2D eigenvalue weighted by atomic mass is 10.2. The van der Waals surface area contributed by atoms with Crippen molar-refractivity contribution in [3.05, 3.63) is 29.8 Å². The van der Waals surface area contributed by atoms with Crippen molar-refractivity contribution in [2.45, 2.75) is 6.92 Å². The van der Waals surface area contributed by atoms with Crippen LogP contribution in [0.4, 0.5) is 4.79 Å². The Morgan fingerprint density at radius 1 is 1.56 bits per heavy atom. The number of carbonyl (C=O) groups is 1. The number of terminal acetylenes is 1. The zero-order valence-electron chi connectivity index (χ0n) is 10.1. The monoisotopic (exact) mass is 246 g/mol. The van der Waals surface area contributed by atoms with Crippen LogP contribution in [0.25, 0.3) is 0 Å². The van der Waals surface area contributed by atoms with Gasteiger partial charge in [-0.2, -0.15) is 5.10 Å². The standard InChI is InChI=1S/C13H14N2O3/c1-3-9-18-12-8-6-5-7-11(12)10-14-15-13(16)17-4-2/h1,5-8,10H,4,9H2,2H3,(H,15,16)/b14-10-. The molecule has 5 nitrogen and oxygen atoms in total. The Labute approximate surface area is 106 Å². The smallest absolute Gasteiger partial charge is 0.427 e. The van der Waals surface area contributed by atoms with E-state index in [1.54, 1.807) is 19.1 Å². The average molecular weight is 246 g/mol. The van der Waals surface area contributed by atoms with Crippen LogP contribution in [-0.4, -0.2) is 25.5 Å². The topological polar surface area (TPSA) is 59.9 Å². The molecular weight excluding hydrogens is 232 g/mol. The number of ether oxygens (including phenoxy) is 2. The summed E-state index contributed by atoms with van der Waals surface area (Å²) in [7, 11) is 0. The fraction of sp³-hybridized carbons (Fsp3) is 0.231. The molecule has 1 aromatic carbocycles. The quantitative estimate of drug-likeness (QED) is 0.489. The molecular formula is C13H14N2O3. The molecule has 0 aliphatic carbocycles. The van der Waals surface area contributed by atoms with Crippen LogP contribution in [0.2, 0.25) is 0 Å². The zero-order chi connectivity index (χ0) is 13.2. The summed E-state index contributed by atoms with van der Waals surface area (Å²) in [6, 6.07) is 7.21. The molecule has 0 aliphatic rings. The number of para-hydroxylation sites is 1. The molecule has 5 heteroatoms. The maximum absolute atomic E-state index is 11.0. The molecule has 0 saturated carbocycles. The average Bonchev–Trinajstić information content (AvgIpc) is 2.38. The third-order valence-electron chi connectivity index (χ3n) is 1.86.